The maximum absolute atomic E-state index is 11.3. The van der Waals surface area contributed by atoms with Gasteiger partial charge in [-0.25, -0.2) is 4.79 Å². The largest absolute Gasteiger partial charge is 0.465 e. The quantitative estimate of drug-likeness (QED) is 0.364. The summed E-state index contributed by atoms with van der Waals surface area (Å²) in [6.45, 7) is 0. The number of hydrogen-bond donors (Lipinski definition) is 0. The van der Waals surface area contributed by atoms with Crippen LogP contribution in [0.25, 0.3) is 0 Å². The van der Waals surface area contributed by atoms with Crippen molar-refractivity contribution < 1.29 is 14.5 Å². The van der Waals surface area contributed by atoms with Crippen molar-refractivity contribution >= 4 is 34.9 Å². The molecule has 0 saturated heterocycles. The van der Waals surface area contributed by atoms with Gasteiger partial charge in [0.25, 0.3) is 5.69 Å². The summed E-state index contributed by atoms with van der Waals surface area (Å²) in [6, 6.07) is 2.35. The highest BCUT2D eigenvalue weighted by atomic mass is 35.5. The van der Waals surface area contributed by atoms with Crippen LogP contribution in [0.5, 0.6) is 0 Å². The Labute approximate surface area is 101 Å². The minimum Gasteiger partial charge on any atom is -0.465 e. The number of carbonyl (C=O) groups is 1. The Kier molecular flexibility index (Phi) is 4.09. The van der Waals surface area contributed by atoms with Crippen LogP contribution in [0.2, 0.25) is 5.02 Å². The standard InChI is InChI=1S/C9H7Cl2NO4/c1-16-9(13)6-2-5(4-10)8(12(14)15)3-7(6)11/h2-3H,4H2,1H3. The lowest BCUT2D eigenvalue weighted by Crippen LogP contribution is -2.04. The molecule has 0 aromatic heterocycles. The molecule has 86 valence electrons. The van der Waals surface area contributed by atoms with Crippen LogP contribution < -0.4 is 0 Å². The van der Waals surface area contributed by atoms with Gasteiger partial charge in [0.2, 0.25) is 0 Å². The fourth-order valence-electron chi connectivity index (χ4n) is 1.15. The van der Waals surface area contributed by atoms with Crippen molar-refractivity contribution in [3.05, 3.63) is 38.4 Å². The molecule has 0 saturated carbocycles. The molecule has 0 bridgehead atoms. The third-order valence-corrected chi connectivity index (χ3v) is 2.51. The second-order valence-corrected chi connectivity index (χ2v) is 3.52. The summed E-state index contributed by atoms with van der Waals surface area (Å²) >= 11 is 11.3. The van der Waals surface area contributed by atoms with Gasteiger partial charge in [-0.3, -0.25) is 10.1 Å². The van der Waals surface area contributed by atoms with Crippen molar-refractivity contribution in [2.45, 2.75) is 5.88 Å². The zero-order valence-corrected chi connectivity index (χ0v) is 9.71. The summed E-state index contributed by atoms with van der Waals surface area (Å²) in [6.07, 6.45) is 0. The molecule has 5 nitrogen and oxygen atoms in total. The van der Waals surface area contributed by atoms with Crippen LogP contribution in [0.3, 0.4) is 0 Å². The molecule has 16 heavy (non-hydrogen) atoms. The number of nitro benzene ring substituents is 1. The zero-order chi connectivity index (χ0) is 12.3. The average Bonchev–Trinajstić information content (AvgIpc) is 2.27. The molecule has 1 rings (SSSR count). The van der Waals surface area contributed by atoms with Gasteiger partial charge in [-0.2, -0.15) is 0 Å². The number of nitrogens with zero attached hydrogens (tertiary/aromatic N) is 1. The molecule has 0 amide bonds. The fraction of sp³-hybridized carbons (Fsp3) is 0.222. The van der Waals surface area contributed by atoms with Crippen LogP contribution in [0.15, 0.2) is 12.1 Å². The van der Waals surface area contributed by atoms with E-state index in [4.69, 9.17) is 23.2 Å². The number of alkyl halides is 1. The van der Waals surface area contributed by atoms with Crippen LogP contribution in [-0.4, -0.2) is 18.0 Å². The molecular formula is C9H7Cl2NO4. The molecule has 0 aliphatic rings. The molecule has 0 atom stereocenters. The highest BCUT2D eigenvalue weighted by Gasteiger charge is 2.20. The van der Waals surface area contributed by atoms with E-state index in [0.717, 1.165) is 6.07 Å². The Hall–Kier alpha value is -1.33. The smallest absolute Gasteiger partial charge is 0.339 e. The van der Waals surface area contributed by atoms with Crippen molar-refractivity contribution in [1.29, 1.82) is 0 Å². The fourth-order valence-corrected chi connectivity index (χ4v) is 1.60. The maximum Gasteiger partial charge on any atom is 0.339 e. The van der Waals surface area contributed by atoms with E-state index in [1.165, 1.54) is 13.2 Å². The van der Waals surface area contributed by atoms with Crippen molar-refractivity contribution in [3.8, 4) is 0 Å². The summed E-state index contributed by atoms with van der Waals surface area (Å²) in [5, 5.41) is 10.6. The normalized spacial score (nSPS) is 9.94. The summed E-state index contributed by atoms with van der Waals surface area (Å²) in [5.74, 6) is -0.747. The minimum absolute atomic E-state index is 0.0348. The molecule has 0 heterocycles. The summed E-state index contributed by atoms with van der Waals surface area (Å²) in [5.41, 5.74) is 0.0644. The lowest BCUT2D eigenvalue weighted by molar-refractivity contribution is -0.385. The SMILES string of the molecule is COC(=O)c1cc(CCl)c([N+](=O)[O-])cc1Cl. The van der Waals surface area contributed by atoms with Gasteiger partial charge in [0.05, 0.1) is 28.5 Å². The van der Waals surface area contributed by atoms with Crippen LogP contribution in [-0.2, 0) is 10.6 Å². The number of nitro groups is 1. The molecule has 0 aliphatic carbocycles. The lowest BCUT2D eigenvalue weighted by Gasteiger charge is -2.05. The average molecular weight is 264 g/mol. The first kappa shape index (κ1) is 12.7. The Morgan fingerprint density at radius 3 is 2.62 bits per heavy atom. The number of benzene rings is 1. The molecule has 0 N–H and O–H groups in total. The number of halogens is 2. The van der Waals surface area contributed by atoms with Crippen molar-refractivity contribution in [3.63, 3.8) is 0 Å². The van der Waals surface area contributed by atoms with Gasteiger partial charge >= 0.3 is 5.97 Å². The van der Waals surface area contributed by atoms with Crippen molar-refractivity contribution in [2.75, 3.05) is 7.11 Å². The van der Waals surface area contributed by atoms with Gasteiger partial charge in [0.15, 0.2) is 0 Å². The minimum atomic E-state index is -0.661. The number of carbonyl (C=O) groups excluding carboxylic acids is 1. The second-order valence-electron chi connectivity index (χ2n) is 2.84. The van der Waals surface area contributed by atoms with E-state index < -0.39 is 10.9 Å². The van der Waals surface area contributed by atoms with Gasteiger partial charge < -0.3 is 4.74 Å². The van der Waals surface area contributed by atoms with Gasteiger partial charge in [-0.05, 0) is 6.07 Å². The summed E-state index contributed by atoms with van der Waals surface area (Å²) in [4.78, 5) is 21.3. The summed E-state index contributed by atoms with van der Waals surface area (Å²) < 4.78 is 4.48. The predicted octanol–water partition coefficient (Wildman–Crippen LogP) is 2.77. The third kappa shape index (κ3) is 2.43. The summed E-state index contributed by atoms with van der Waals surface area (Å²) in [7, 11) is 1.19. The highest BCUT2D eigenvalue weighted by molar-refractivity contribution is 6.34. The first-order chi connectivity index (χ1) is 7.51. The number of hydrogen-bond acceptors (Lipinski definition) is 4. The number of methoxy groups -OCH3 is 1. The van der Waals surface area contributed by atoms with Gasteiger partial charge in [-0.15, -0.1) is 11.6 Å². The second kappa shape index (κ2) is 5.14. The number of ether oxygens (including phenoxy) is 1. The molecule has 0 spiro atoms. The maximum atomic E-state index is 11.3. The van der Waals surface area contributed by atoms with Crippen molar-refractivity contribution in [1.82, 2.24) is 0 Å². The van der Waals surface area contributed by atoms with E-state index in [9.17, 15) is 14.9 Å². The number of esters is 1. The molecule has 0 aliphatic heterocycles. The van der Waals surface area contributed by atoms with E-state index in [1.807, 2.05) is 0 Å². The van der Waals surface area contributed by atoms with E-state index in [0.29, 0.717) is 0 Å². The Morgan fingerprint density at radius 1 is 1.56 bits per heavy atom. The van der Waals surface area contributed by atoms with Crippen LogP contribution in [0, 0.1) is 10.1 Å². The molecule has 1 aromatic carbocycles. The molecular weight excluding hydrogens is 257 g/mol. The first-order valence-corrected chi connectivity index (χ1v) is 5.03. The van der Waals surface area contributed by atoms with E-state index in [-0.39, 0.29) is 27.7 Å². The van der Waals surface area contributed by atoms with Crippen LogP contribution in [0.1, 0.15) is 15.9 Å². The molecule has 1 aromatic rings. The molecule has 7 heteroatoms. The predicted molar refractivity (Wildman–Crippen MR) is 59.0 cm³/mol. The zero-order valence-electron chi connectivity index (χ0n) is 8.20. The molecule has 0 radical (unpaired) electrons. The molecule has 0 fully saturated rings. The Bertz CT molecular complexity index is 447. The highest BCUT2D eigenvalue weighted by Crippen LogP contribution is 2.28. The number of rotatable bonds is 3. The van der Waals surface area contributed by atoms with E-state index in [1.54, 1.807) is 0 Å². The first-order valence-electron chi connectivity index (χ1n) is 4.12. The van der Waals surface area contributed by atoms with Crippen molar-refractivity contribution in [2.24, 2.45) is 0 Å². The van der Waals surface area contributed by atoms with E-state index in [2.05, 4.69) is 4.74 Å². The third-order valence-electron chi connectivity index (χ3n) is 1.91. The van der Waals surface area contributed by atoms with Gasteiger partial charge in [-0.1, -0.05) is 11.6 Å². The molecule has 0 unspecified atom stereocenters. The van der Waals surface area contributed by atoms with Gasteiger partial charge in [0.1, 0.15) is 0 Å². The Balaban J connectivity index is 3.37. The topological polar surface area (TPSA) is 69.4 Å². The Morgan fingerprint density at radius 2 is 2.19 bits per heavy atom. The lowest BCUT2D eigenvalue weighted by atomic mass is 10.1. The van der Waals surface area contributed by atoms with Gasteiger partial charge in [0, 0.05) is 11.6 Å². The van der Waals surface area contributed by atoms with E-state index >= 15 is 0 Å². The van der Waals surface area contributed by atoms with Crippen LogP contribution in [0.4, 0.5) is 5.69 Å². The van der Waals surface area contributed by atoms with Crippen LogP contribution >= 0.6 is 23.2 Å². The monoisotopic (exact) mass is 263 g/mol.